The Kier molecular flexibility index (Phi) is 3.03. The van der Waals surface area contributed by atoms with Crippen molar-refractivity contribution in [1.29, 1.82) is 0 Å². The van der Waals surface area contributed by atoms with Gasteiger partial charge in [-0.15, -0.1) is 0 Å². The molecule has 3 heterocycles. The van der Waals surface area contributed by atoms with E-state index in [-0.39, 0.29) is 0 Å². The molecule has 2 fully saturated rings. The molecule has 1 aliphatic heterocycles. The average molecular weight is 273 g/mol. The number of rotatable bonds is 4. The number of likely N-dealkylation sites (tertiary alicyclic amines) is 1. The van der Waals surface area contributed by atoms with Gasteiger partial charge in [0.1, 0.15) is 17.9 Å². The van der Waals surface area contributed by atoms with E-state index in [1.54, 1.807) is 6.33 Å². The van der Waals surface area contributed by atoms with E-state index >= 15 is 0 Å². The molecular weight excluding hydrogens is 254 g/mol. The summed E-state index contributed by atoms with van der Waals surface area (Å²) in [5.74, 6) is 2.70. The monoisotopic (exact) mass is 273 g/mol. The largest absolute Gasteiger partial charge is 0.361 e. The van der Waals surface area contributed by atoms with E-state index in [4.69, 9.17) is 4.52 Å². The predicted octanol–water partition coefficient (Wildman–Crippen LogP) is 2.40. The van der Waals surface area contributed by atoms with Crippen LogP contribution in [0.2, 0.25) is 0 Å². The fraction of sp³-hybridized carbons (Fsp3) is 0.643. The van der Waals surface area contributed by atoms with Crippen LogP contribution in [0.1, 0.15) is 61.2 Å². The summed E-state index contributed by atoms with van der Waals surface area (Å²) in [5, 5.41) is 11.0. The lowest BCUT2D eigenvalue weighted by molar-refractivity contribution is 0.133. The third-order valence-electron chi connectivity index (χ3n) is 4.36. The molecule has 6 heteroatoms. The van der Waals surface area contributed by atoms with Gasteiger partial charge in [0.25, 0.3) is 0 Å². The van der Waals surface area contributed by atoms with Crippen molar-refractivity contribution in [1.82, 2.24) is 25.2 Å². The first-order chi connectivity index (χ1) is 9.92. The van der Waals surface area contributed by atoms with Crippen molar-refractivity contribution in [3.05, 3.63) is 29.7 Å². The molecule has 0 spiro atoms. The average Bonchev–Trinajstić information content (AvgIpc) is 3.00. The van der Waals surface area contributed by atoms with Crippen LogP contribution in [-0.4, -0.2) is 31.8 Å². The third kappa shape index (κ3) is 2.24. The normalized spacial score (nSPS) is 24.1. The highest BCUT2D eigenvalue weighted by Crippen LogP contribution is 2.42. The van der Waals surface area contributed by atoms with Gasteiger partial charge in [0.15, 0.2) is 0 Å². The first-order valence-electron chi connectivity index (χ1n) is 7.44. The Morgan fingerprint density at radius 2 is 2.25 bits per heavy atom. The van der Waals surface area contributed by atoms with Gasteiger partial charge in [0.2, 0.25) is 0 Å². The van der Waals surface area contributed by atoms with Crippen LogP contribution in [0.4, 0.5) is 0 Å². The zero-order chi connectivity index (χ0) is 13.4. The maximum Gasteiger partial charge on any atom is 0.144 e. The molecule has 1 saturated carbocycles. The van der Waals surface area contributed by atoms with E-state index in [0.717, 1.165) is 31.1 Å². The Balaban J connectivity index is 1.54. The summed E-state index contributed by atoms with van der Waals surface area (Å²) in [6.07, 6.45) is 9.60. The second-order valence-corrected chi connectivity index (χ2v) is 5.84. The van der Waals surface area contributed by atoms with Crippen molar-refractivity contribution >= 4 is 0 Å². The Labute approximate surface area is 117 Å². The van der Waals surface area contributed by atoms with Crippen LogP contribution in [0.15, 0.2) is 17.0 Å². The first kappa shape index (κ1) is 12.1. The molecule has 1 atom stereocenters. The molecule has 0 unspecified atom stereocenters. The number of aromatic nitrogens is 4. The number of hydrogen-bond acceptors (Lipinski definition) is 5. The molecule has 1 saturated heterocycles. The number of H-pyrrole nitrogens is 1. The SMILES string of the molecule is c1n[nH]c([C@H]2CCCCN2Cc2cnoc2C2CC2)n1. The molecule has 2 aromatic heterocycles. The summed E-state index contributed by atoms with van der Waals surface area (Å²) in [4.78, 5) is 6.82. The van der Waals surface area contributed by atoms with Crippen molar-refractivity contribution in [2.75, 3.05) is 6.54 Å². The Hall–Kier alpha value is -1.69. The number of piperidine rings is 1. The molecule has 4 rings (SSSR count). The van der Waals surface area contributed by atoms with E-state index in [1.807, 2.05) is 6.20 Å². The Morgan fingerprint density at radius 1 is 1.30 bits per heavy atom. The number of nitrogens with one attached hydrogen (secondary N) is 1. The van der Waals surface area contributed by atoms with Crippen molar-refractivity contribution in [2.24, 2.45) is 0 Å². The molecule has 0 radical (unpaired) electrons. The lowest BCUT2D eigenvalue weighted by Gasteiger charge is -2.34. The highest BCUT2D eigenvalue weighted by atomic mass is 16.5. The van der Waals surface area contributed by atoms with Crippen LogP contribution in [0.3, 0.4) is 0 Å². The summed E-state index contributed by atoms with van der Waals surface area (Å²) < 4.78 is 5.44. The molecule has 106 valence electrons. The molecule has 6 nitrogen and oxygen atoms in total. The molecule has 2 aliphatic rings. The van der Waals surface area contributed by atoms with Gasteiger partial charge in [0.05, 0.1) is 12.2 Å². The van der Waals surface area contributed by atoms with Crippen molar-refractivity contribution in [3.63, 3.8) is 0 Å². The summed E-state index contributed by atoms with van der Waals surface area (Å²) in [7, 11) is 0. The molecule has 0 aromatic carbocycles. The Morgan fingerprint density at radius 3 is 3.05 bits per heavy atom. The zero-order valence-electron chi connectivity index (χ0n) is 11.5. The highest BCUT2D eigenvalue weighted by Gasteiger charge is 2.32. The van der Waals surface area contributed by atoms with Crippen LogP contribution >= 0.6 is 0 Å². The Bertz CT molecular complexity index is 560. The number of aromatic amines is 1. The van der Waals surface area contributed by atoms with Crippen molar-refractivity contribution in [2.45, 2.75) is 50.6 Å². The van der Waals surface area contributed by atoms with Gasteiger partial charge in [-0.1, -0.05) is 11.6 Å². The van der Waals surface area contributed by atoms with Gasteiger partial charge < -0.3 is 4.52 Å². The standard InChI is InChI=1S/C14H19N5O/c1-2-6-19(12(3-1)14-15-9-16-18-14)8-11-7-17-20-13(11)10-4-5-10/h7,9-10,12H,1-6,8H2,(H,15,16,18)/t12-/m1/s1. The van der Waals surface area contributed by atoms with Crippen LogP contribution in [0.25, 0.3) is 0 Å². The molecule has 0 bridgehead atoms. The summed E-state index contributed by atoms with van der Waals surface area (Å²) >= 11 is 0. The molecule has 1 N–H and O–H groups in total. The minimum Gasteiger partial charge on any atom is -0.361 e. The third-order valence-corrected chi connectivity index (χ3v) is 4.36. The second-order valence-electron chi connectivity index (χ2n) is 5.84. The fourth-order valence-corrected chi connectivity index (χ4v) is 3.15. The quantitative estimate of drug-likeness (QED) is 0.926. The lowest BCUT2D eigenvalue weighted by atomic mass is 10.0. The van der Waals surface area contributed by atoms with Gasteiger partial charge >= 0.3 is 0 Å². The number of nitrogens with zero attached hydrogens (tertiary/aromatic N) is 4. The minimum atomic E-state index is 0.341. The summed E-state index contributed by atoms with van der Waals surface area (Å²) in [5.41, 5.74) is 1.25. The maximum absolute atomic E-state index is 5.44. The van der Waals surface area contributed by atoms with Gasteiger partial charge in [-0.25, -0.2) is 4.98 Å². The smallest absolute Gasteiger partial charge is 0.144 e. The van der Waals surface area contributed by atoms with E-state index in [2.05, 4.69) is 25.2 Å². The van der Waals surface area contributed by atoms with E-state index in [1.165, 1.54) is 31.2 Å². The fourth-order valence-electron chi connectivity index (χ4n) is 3.15. The number of hydrogen-bond donors (Lipinski definition) is 1. The van der Waals surface area contributed by atoms with Crippen molar-refractivity contribution < 1.29 is 4.52 Å². The van der Waals surface area contributed by atoms with Crippen LogP contribution in [0, 0.1) is 0 Å². The van der Waals surface area contributed by atoms with E-state index in [0.29, 0.717) is 12.0 Å². The second kappa shape index (κ2) is 5.01. The van der Waals surface area contributed by atoms with Crippen LogP contribution in [0.5, 0.6) is 0 Å². The summed E-state index contributed by atoms with van der Waals surface area (Å²) in [6, 6.07) is 0.341. The van der Waals surface area contributed by atoms with Crippen LogP contribution < -0.4 is 0 Å². The molecule has 0 amide bonds. The molecule has 20 heavy (non-hydrogen) atoms. The first-order valence-corrected chi connectivity index (χ1v) is 7.44. The van der Waals surface area contributed by atoms with Crippen LogP contribution in [-0.2, 0) is 6.54 Å². The van der Waals surface area contributed by atoms with E-state index < -0.39 is 0 Å². The minimum absolute atomic E-state index is 0.341. The van der Waals surface area contributed by atoms with Crippen molar-refractivity contribution in [3.8, 4) is 0 Å². The van der Waals surface area contributed by atoms with Gasteiger partial charge in [-0.3, -0.25) is 10.00 Å². The molecule has 2 aromatic rings. The topological polar surface area (TPSA) is 70.8 Å². The van der Waals surface area contributed by atoms with E-state index in [9.17, 15) is 0 Å². The summed E-state index contributed by atoms with van der Waals surface area (Å²) in [6.45, 7) is 2.00. The molecular formula is C14H19N5O. The van der Waals surface area contributed by atoms with Gasteiger partial charge in [0, 0.05) is 18.0 Å². The predicted molar refractivity (Wildman–Crippen MR) is 71.9 cm³/mol. The molecule has 1 aliphatic carbocycles. The van der Waals surface area contributed by atoms with Gasteiger partial charge in [-0.05, 0) is 32.2 Å². The zero-order valence-corrected chi connectivity index (χ0v) is 11.5. The lowest BCUT2D eigenvalue weighted by Crippen LogP contribution is -2.33. The highest BCUT2D eigenvalue weighted by molar-refractivity contribution is 5.21. The van der Waals surface area contributed by atoms with Gasteiger partial charge in [-0.2, -0.15) is 5.10 Å². The maximum atomic E-state index is 5.44.